The summed E-state index contributed by atoms with van der Waals surface area (Å²) in [6.07, 6.45) is -5.15. The number of benzene rings is 1. The maximum atomic E-state index is 12.7. The average molecular weight is 261 g/mol. The van der Waals surface area contributed by atoms with Crippen LogP contribution in [-0.2, 0) is 15.7 Å². The maximum absolute atomic E-state index is 12.7. The van der Waals surface area contributed by atoms with Crippen molar-refractivity contribution in [3.05, 3.63) is 29.3 Å². The van der Waals surface area contributed by atoms with Gasteiger partial charge in [-0.15, -0.1) is 0 Å². The maximum Gasteiger partial charge on any atom is 0.416 e. The van der Waals surface area contributed by atoms with Crippen LogP contribution in [0.1, 0.15) is 18.1 Å². The molecule has 0 aliphatic rings. The number of methoxy groups -OCH3 is 1. The minimum atomic E-state index is -4.43. The minimum Gasteiger partial charge on any atom is -0.372 e. The lowest BCUT2D eigenvalue weighted by molar-refractivity contribution is -0.138. The molecule has 0 spiro atoms. The van der Waals surface area contributed by atoms with Crippen molar-refractivity contribution in [1.29, 1.82) is 0 Å². The summed E-state index contributed by atoms with van der Waals surface area (Å²) >= 11 is 0. The number of hydrogen-bond donors (Lipinski definition) is 1. The Morgan fingerprint density at radius 1 is 1.39 bits per heavy atom. The molecule has 0 aromatic heterocycles. The van der Waals surface area contributed by atoms with Crippen molar-refractivity contribution >= 4 is 11.6 Å². The molecule has 0 aliphatic heterocycles. The molecule has 1 rings (SSSR count). The van der Waals surface area contributed by atoms with Gasteiger partial charge in [0.1, 0.15) is 6.10 Å². The van der Waals surface area contributed by atoms with Crippen LogP contribution >= 0.6 is 0 Å². The summed E-state index contributed by atoms with van der Waals surface area (Å²) in [5, 5.41) is 2.37. The van der Waals surface area contributed by atoms with Gasteiger partial charge in [0.15, 0.2) is 0 Å². The third-order valence-electron chi connectivity index (χ3n) is 2.53. The Bertz CT molecular complexity index is 443. The van der Waals surface area contributed by atoms with Gasteiger partial charge in [-0.3, -0.25) is 4.79 Å². The zero-order valence-corrected chi connectivity index (χ0v) is 10.3. The van der Waals surface area contributed by atoms with Gasteiger partial charge in [-0.25, -0.2) is 0 Å². The summed E-state index contributed by atoms with van der Waals surface area (Å²) in [6.45, 7) is 2.88. The molecule has 6 heteroatoms. The average Bonchev–Trinajstić information content (AvgIpc) is 2.29. The second-order valence-electron chi connectivity index (χ2n) is 3.89. The van der Waals surface area contributed by atoms with Gasteiger partial charge in [0.25, 0.3) is 5.91 Å². The number of nitrogens with one attached hydrogen (secondary N) is 1. The topological polar surface area (TPSA) is 38.3 Å². The van der Waals surface area contributed by atoms with Gasteiger partial charge >= 0.3 is 6.18 Å². The smallest absolute Gasteiger partial charge is 0.372 e. The predicted octanol–water partition coefficient (Wildman–Crippen LogP) is 2.99. The molecular weight excluding hydrogens is 247 g/mol. The van der Waals surface area contributed by atoms with E-state index in [-0.39, 0.29) is 11.3 Å². The standard InChI is InChI=1S/C12H14F3NO2/c1-7-4-5-9(6-10(7)12(13,14)15)16-11(17)8(2)18-3/h4-6,8H,1-3H3,(H,16,17). The van der Waals surface area contributed by atoms with Crippen molar-refractivity contribution in [3.63, 3.8) is 0 Å². The van der Waals surface area contributed by atoms with E-state index in [2.05, 4.69) is 5.32 Å². The van der Waals surface area contributed by atoms with Crippen LogP contribution < -0.4 is 5.32 Å². The number of carbonyl (C=O) groups is 1. The summed E-state index contributed by atoms with van der Waals surface area (Å²) in [4.78, 5) is 11.5. The van der Waals surface area contributed by atoms with Crippen LogP contribution in [0.4, 0.5) is 18.9 Å². The Balaban J connectivity index is 2.96. The normalized spacial score (nSPS) is 13.2. The Labute approximate surface area is 103 Å². The van der Waals surface area contributed by atoms with Gasteiger partial charge in [-0.1, -0.05) is 6.07 Å². The van der Waals surface area contributed by atoms with Crippen molar-refractivity contribution in [2.75, 3.05) is 12.4 Å². The van der Waals surface area contributed by atoms with Crippen molar-refractivity contribution in [2.24, 2.45) is 0 Å². The summed E-state index contributed by atoms with van der Waals surface area (Å²) < 4.78 is 42.7. The van der Waals surface area contributed by atoms with Crippen molar-refractivity contribution in [3.8, 4) is 0 Å². The third-order valence-corrected chi connectivity index (χ3v) is 2.53. The van der Waals surface area contributed by atoms with E-state index < -0.39 is 23.8 Å². The molecule has 1 amide bonds. The largest absolute Gasteiger partial charge is 0.416 e. The zero-order chi connectivity index (χ0) is 13.9. The molecule has 100 valence electrons. The van der Waals surface area contributed by atoms with E-state index in [1.165, 1.54) is 33.1 Å². The Morgan fingerprint density at radius 2 is 2.00 bits per heavy atom. The van der Waals surface area contributed by atoms with Crippen molar-refractivity contribution in [1.82, 2.24) is 0 Å². The number of anilines is 1. The van der Waals surface area contributed by atoms with Gasteiger partial charge in [0.05, 0.1) is 5.56 Å². The number of aryl methyl sites for hydroxylation is 1. The molecule has 0 radical (unpaired) electrons. The Morgan fingerprint density at radius 3 is 2.50 bits per heavy atom. The van der Waals surface area contributed by atoms with Crippen LogP contribution in [0.25, 0.3) is 0 Å². The highest BCUT2D eigenvalue weighted by molar-refractivity contribution is 5.94. The molecule has 18 heavy (non-hydrogen) atoms. The lowest BCUT2D eigenvalue weighted by Crippen LogP contribution is -2.26. The highest BCUT2D eigenvalue weighted by Gasteiger charge is 2.32. The zero-order valence-electron chi connectivity index (χ0n) is 10.3. The molecule has 0 saturated heterocycles. The fraction of sp³-hybridized carbons (Fsp3) is 0.417. The van der Waals surface area contributed by atoms with Gasteiger partial charge in [0, 0.05) is 12.8 Å². The molecule has 0 heterocycles. The molecule has 0 bridgehead atoms. The number of rotatable bonds is 3. The number of ether oxygens (including phenoxy) is 1. The van der Waals surface area contributed by atoms with Crippen LogP contribution in [0.2, 0.25) is 0 Å². The SMILES string of the molecule is COC(C)C(=O)Nc1ccc(C)c(C(F)(F)F)c1. The van der Waals surface area contributed by atoms with Crippen LogP contribution in [0.5, 0.6) is 0 Å². The number of hydrogen-bond acceptors (Lipinski definition) is 2. The molecule has 0 fully saturated rings. The van der Waals surface area contributed by atoms with Crippen molar-refractivity contribution < 1.29 is 22.7 Å². The molecule has 1 aromatic carbocycles. The first-order valence-electron chi connectivity index (χ1n) is 5.27. The first-order valence-corrected chi connectivity index (χ1v) is 5.27. The number of halogens is 3. The lowest BCUT2D eigenvalue weighted by Gasteiger charge is -2.14. The molecule has 1 unspecified atom stereocenters. The lowest BCUT2D eigenvalue weighted by atomic mass is 10.1. The van der Waals surface area contributed by atoms with E-state index in [4.69, 9.17) is 4.74 Å². The highest BCUT2D eigenvalue weighted by atomic mass is 19.4. The van der Waals surface area contributed by atoms with Crippen LogP contribution in [0.3, 0.4) is 0 Å². The second kappa shape index (κ2) is 5.39. The predicted molar refractivity (Wildman–Crippen MR) is 61.3 cm³/mol. The second-order valence-corrected chi connectivity index (χ2v) is 3.89. The summed E-state index contributed by atoms with van der Waals surface area (Å²) in [6, 6.07) is 3.65. The van der Waals surface area contributed by atoms with E-state index in [1.807, 2.05) is 0 Å². The van der Waals surface area contributed by atoms with E-state index in [1.54, 1.807) is 0 Å². The van der Waals surface area contributed by atoms with Crippen molar-refractivity contribution in [2.45, 2.75) is 26.1 Å². The molecule has 0 aliphatic carbocycles. The third kappa shape index (κ3) is 3.46. The first kappa shape index (κ1) is 14.5. The molecular formula is C12H14F3NO2. The van der Waals surface area contributed by atoms with E-state index >= 15 is 0 Å². The monoisotopic (exact) mass is 261 g/mol. The summed E-state index contributed by atoms with van der Waals surface area (Å²) in [5.74, 6) is -0.491. The van der Waals surface area contributed by atoms with E-state index in [9.17, 15) is 18.0 Å². The van der Waals surface area contributed by atoms with Crippen LogP contribution in [-0.4, -0.2) is 19.1 Å². The van der Waals surface area contributed by atoms with Gasteiger partial charge < -0.3 is 10.1 Å². The van der Waals surface area contributed by atoms with E-state index in [0.29, 0.717) is 0 Å². The number of amides is 1. The first-order chi connectivity index (χ1) is 8.25. The van der Waals surface area contributed by atoms with Crippen LogP contribution in [0.15, 0.2) is 18.2 Å². The highest BCUT2D eigenvalue weighted by Crippen LogP contribution is 2.33. The fourth-order valence-corrected chi connectivity index (χ4v) is 1.36. The number of carbonyl (C=O) groups excluding carboxylic acids is 1. The fourth-order valence-electron chi connectivity index (χ4n) is 1.36. The summed E-state index contributed by atoms with van der Waals surface area (Å²) in [7, 11) is 1.35. The van der Waals surface area contributed by atoms with Crippen LogP contribution in [0, 0.1) is 6.92 Å². The Hall–Kier alpha value is -1.56. The molecule has 1 aromatic rings. The number of alkyl halides is 3. The Kier molecular flexibility index (Phi) is 4.34. The van der Waals surface area contributed by atoms with Gasteiger partial charge in [-0.05, 0) is 31.5 Å². The quantitative estimate of drug-likeness (QED) is 0.908. The van der Waals surface area contributed by atoms with E-state index in [0.717, 1.165) is 6.07 Å². The minimum absolute atomic E-state index is 0.0989. The molecule has 1 N–H and O–H groups in total. The summed E-state index contributed by atoms with van der Waals surface area (Å²) in [5.41, 5.74) is -0.549. The molecule has 0 saturated carbocycles. The molecule has 1 atom stereocenters. The molecule has 3 nitrogen and oxygen atoms in total. The van der Waals surface area contributed by atoms with Gasteiger partial charge in [0.2, 0.25) is 0 Å². The van der Waals surface area contributed by atoms with Gasteiger partial charge in [-0.2, -0.15) is 13.2 Å².